The summed E-state index contributed by atoms with van der Waals surface area (Å²) in [7, 11) is 0. The van der Waals surface area contributed by atoms with Crippen molar-refractivity contribution in [3.05, 3.63) is 75.8 Å². The zero-order valence-corrected chi connectivity index (χ0v) is 14.1. The number of carbonyl (C=O) groups excluding carboxylic acids is 1. The molecule has 0 saturated heterocycles. The van der Waals surface area contributed by atoms with Gasteiger partial charge in [-0.15, -0.1) is 0 Å². The molecule has 0 bridgehead atoms. The predicted octanol–water partition coefficient (Wildman–Crippen LogP) is 3.01. The van der Waals surface area contributed by atoms with E-state index in [1.807, 2.05) is 0 Å². The van der Waals surface area contributed by atoms with Crippen LogP contribution in [0.3, 0.4) is 0 Å². The van der Waals surface area contributed by atoms with E-state index in [1.165, 1.54) is 6.07 Å². The van der Waals surface area contributed by atoms with Crippen LogP contribution in [0.25, 0.3) is 10.9 Å². The SMILES string of the molecule is CC(NC(=O)CCc1nc2ccccc2c(=O)[nH]1)c1ccc(F)cc1F. The summed E-state index contributed by atoms with van der Waals surface area (Å²) < 4.78 is 26.7. The van der Waals surface area contributed by atoms with Gasteiger partial charge in [0, 0.05) is 24.5 Å². The average molecular weight is 357 g/mol. The lowest BCUT2D eigenvalue weighted by Crippen LogP contribution is -2.27. The largest absolute Gasteiger partial charge is 0.349 e. The van der Waals surface area contributed by atoms with E-state index in [1.54, 1.807) is 31.2 Å². The first-order valence-corrected chi connectivity index (χ1v) is 8.16. The number of benzene rings is 2. The van der Waals surface area contributed by atoms with Crippen LogP contribution in [-0.4, -0.2) is 15.9 Å². The predicted molar refractivity (Wildman–Crippen MR) is 93.6 cm³/mol. The molecule has 5 nitrogen and oxygen atoms in total. The van der Waals surface area contributed by atoms with Gasteiger partial charge >= 0.3 is 0 Å². The number of aromatic nitrogens is 2. The van der Waals surface area contributed by atoms with Crippen LogP contribution in [0.15, 0.2) is 47.3 Å². The van der Waals surface area contributed by atoms with Gasteiger partial charge in [0.25, 0.3) is 5.56 Å². The van der Waals surface area contributed by atoms with Crippen LogP contribution in [0.5, 0.6) is 0 Å². The second-order valence-corrected chi connectivity index (χ2v) is 5.98. The van der Waals surface area contributed by atoms with Crippen LogP contribution in [0.4, 0.5) is 8.78 Å². The Balaban J connectivity index is 1.64. The van der Waals surface area contributed by atoms with Crippen molar-refractivity contribution in [1.29, 1.82) is 0 Å². The fraction of sp³-hybridized carbons (Fsp3) is 0.211. The van der Waals surface area contributed by atoms with Gasteiger partial charge in [-0.3, -0.25) is 9.59 Å². The molecule has 0 aliphatic heterocycles. The molecule has 0 aliphatic carbocycles. The van der Waals surface area contributed by atoms with Gasteiger partial charge in [-0.2, -0.15) is 0 Å². The molecule has 1 amide bonds. The molecule has 134 valence electrons. The molecule has 0 fully saturated rings. The molecular weight excluding hydrogens is 340 g/mol. The summed E-state index contributed by atoms with van der Waals surface area (Å²) in [6.45, 7) is 1.62. The number of hydrogen-bond donors (Lipinski definition) is 2. The molecule has 0 radical (unpaired) electrons. The third-order valence-corrected chi connectivity index (χ3v) is 4.06. The highest BCUT2D eigenvalue weighted by molar-refractivity contribution is 5.78. The minimum atomic E-state index is -0.710. The molecule has 2 aromatic carbocycles. The van der Waals surface area contributed by atoms with Gasteiger partial charge in [0.15, 0.2) is 0 Å². The van der Waals surface area contributed by atoms with Crippen LogP contribution in [-0.2, 0) is 11.2 Å². The Kier molecular flexibility index (Phi) is 5.06. The lowest BCUT2D eigenvalue weighted by molar-refractivity contribution is -0.121. The van der Waals surface area contributed by atoms with Crippen molar-refractivity contribution < 1.29 is 13.6 Å². The maximum atomic E-state index is 13.8. The number of H-pyrrole nitrogens is 1. The van der Waals surface area contributed by atoms with Crippen molar-refractivity contribution >= 4 is 16.8 Å². The van der Waals surface area contributed by atoms with Crippen molar-refractivity contribution in [1.82, 2.24) is 15.3 Å². The highest BCUT2D eigenvalue weighted by Crippen LogP contribution is 2.18. The third-order valence-electron chi connectivity index (χ3n) is 4.06. The quantitative estimate of drug-likeness (QED) is 0.737. The van der Waals surface area contributed by atoms with E-state index in [4.69, 9.17) is 0 Å². The van der Waals surface area contributed by atoms with Crippen molar-refractivity contribution in [3.63, 3.8) is 0 Å². The molecule has 7 heteroatoms. The van der Waals surface area contributed by atoms with E-state index in [-0.39, 0.29) is 29.9 Å². The molecule has 1 heterocycles. The Morgan fingerprint density at radius 2 is 2.00 bits per heavy atom. The number of halogens is 2. The first-order chi connectivity index (χ1) is 12.4. The number of carbonyl (C=O) groups is 1. The fourth-order valence-corrected chi connectivity index (χ4v) is 2.73. The molecule has 0 saturated carbocycles. The van der Waals surface area contributed by atoms with E-state index < -0.39 is 17.7 Å². The van der Waals surface area contributed by atoms with Gasteiger partial charge in [0.1, 0.15) is 17.5 Å². The number of aryl methyl sites for hydroxylation is 1. The minimum Gasteiger partial charge on any atom is -0.349 e. The third kappa shape index (κ3) is 3.93. The van der Waals surface area contributed by atoms with Crippen LogP contribution >= 0.6 is 0 Å². The van der Waals surface area contributed by atoms with Crippen molar-refractivity contribution in [2.24, 2.45) is 0 Å². The average Bonchev–Trinajstić information content (AvgIpc) is 2.60. The molecule has 26 heavy (non-hydrogen) atoms. The van der Waals surface area contributed by atoms with Crippen LogP contribution in [0.1, 0.15) is 30.8 Å². The summed E-state index contributed by atoms with van der Waals surface area (Å²) in [5.74, 6) is -1.30. The van der Waals surface area contributed by atoms with Gasteiger partial charge < -0.3 is 10.3 Å². The second kappa shape index (κ2) is 7.43. The topological polar surface area (TPSA) is 74.8 Å². The number of nitrogens with one attached hydrogen (secondary N) is 2. The zero-order valence-electron chi connectivity index (χ0n) is 14.1. The molecule has 0 spiro atoms. The fourth-order valence-electron chi connectivity index (χ4n) is 2.73. The van der Waals surface area contributed by atoms with E-state index in [9.17, 15) is 18.4 Å². The normalized spacial score (nSPS) is 12.1. The molecular formula is C19H17F2N3O2. The van der Waals surface area contributed by atoms with Gasteiger partial charge in [-0.25, -0.2) is 13.8 Å². The molecule has 1 aromatic heterocycles. The van der Waals surface area contributed by atoms with Gasteiger partial charge in [-0.1, -0.05) is 18.2 Å². The molecule has 1 unspecified atom stereocenters. The summed E-state index contributed by atoms with van der Waals surface area (Å²) in [5.41, 5.74) is 0.512. The lowest BCUT2D eigenvalue weighted by atomic mass is 10.1. The standard InChI is InChI=1S/C19H17F2N3O2/c1-11(13-7-6-12(20)10-15(13)21)22-18(25)9-8-17-23-16-5-3-2-4-14(16)19(26)24-17/h2-7,10-11H,8-9H2,1H3,(H,22,25)(H,23,24,26). The lowest BCUT2D eigenvalue weighted by Gasteiger charge is -2.15. The Morgan fingerprint density at radius 3 is 2.77 bits per heavy atom. The van der Waals surface area contributed by atoms with Crippen LogP contribution in [0.2, 0.25) is 0 Å². The van der Waals surface area contributed by atoms with E-state index in [0.29, 0.717) is 16.7 Å². The minimum absolute atomic E-state index is 0.0778. The van der Waals surface area contributed by atoms with E-state index in [2.05, 4.69) is 15.3 Å². The molecule has 1 atom stereocenters. The first-order valence-electron chi connectivity index (χ1n) is 8.16. The van der Waals surface area contributed by atoms with Crippen LogP contribution in [0, 0.1) is 11.6 Å². The highest BCUT2D eigenvalue weighted by Gasteiger charge is 2.14. The highest BCUT2D eigenvalue weighted by atomic mass is 19.1. The van der Waals surface area contributed by atoms with E-state index >= 15 is 0 Å². The van der Waals surface area contributed by atoms with Gasteiger partial charge in [-0.05, 0) is 25.1 Å². The Labute approximate surface area is 148 Å². The maximum absolute atomic E-state index is 13.8. The number of nitrogens with zero attached hydrogens (tertiary/aromatic N) is 1. The van der Waals surface area contributed by atoms with Gasteiger partial charge in [0.2, 0.25) is 5.91 Å². The van der Waals surface area contributed by atoms with E-state index in [0.717, 1.165) is 12.1 Å². The Hall–Kier alpha value is -3.09. The second-order valence-electron chi connectivity index (χ2n) is 5.98. The maximum Gasteiger partial charge on any atom is 0.258 e. The molecule has 2 N–H and O–H groups in total. The Morgan fingerprint density at radius 1 is 1.23 bits per heavy atom. The number of para-hydroxylation sites is 1. The Bertz CT molecular complexity index is 1020. The number of amides is 1. The molecule has 3 rings (SSSR count). The monoisotopic (exact) mass is 357 g/mol. The molecule has 0 aliphatic rings. The number of aromatic amines is 1. The summed E-state index contributed by atoms with van der Waals surface area (Å²) in [5, 5.41) is 3.14. The number of rotatable bonds is 5. The number of fused-ring (bicyclic) bond motifs is 1. The smallest absolute Gasteiger partial charge is 0.258 e. The zero-order chi connectivity index (χ0) is 18.7. The van der Waals surface area contributed by atoms with Gasteiger partial charge in [0.05, 0.1) is 16.9 Å². The first kappa shape index (κ1) is 17.7. The van der Waals surface area contributed by atoms with Crippen molar-refractivity contribution in [2.45, 2.75) is 25.8 Å². The molecule has 3 aromatic rings. The summed E-state index contributed by atoms with van der Waals surface area (Å²) in [6.07, 6.45) is 0.318. The summed E-state index contributed by atoms with van der Waals surface area (Å²) in [4.78, 5) is 31.1. The van der Waals surface area contributed by atoms with Crippen molar-refractivity contribution in [3.8, 4) is 0 Å². The summed E-state index contributed by atoms with van der Waals surface area (Å²) >= 11 is 0. The number of hydrogen-bond acceptors (Lipinski definition) is 3. The van der Waals surface area contributed by atoms with Crippen LogP contribution < -0.4 is 10.9 Å². The summed E-state index contributed by atoms with van der Waals surface area (Å²) in [6, 6.07) is 9.56. The van der Waals surface area contributed by atoms with Crippen molar-refractivity contribution in [2.75, 3.05) is 0 Å².